The zero-order valence-electron chi connectivity index (χ0n) is 17.5. The molecule has 0 saturated heterocycles. The van der Waals surface area contributed by atoms with Gasteiger partial charge in [-0.2, -0.15) is 0 Å². The first-order chi connectivity index (χ1) is 14.0. The topological polar surface area (TPSA) is 55.8 Å². The van der Waals surface area contributed by atoms with Crippen molar-refractivity contribution in [1.29, 1.82) is 0 Å². The summed E-state index contributed by atoms with van der Waals surface area (Å²) in [6.07, 6.45) is 4.96. The largest absolute Gasteiger partial charge is 0.493 e. The summed E-state index contributed by atoms with van der Waals surface area (Å²) >= 11 is 0. The lowest BCUT2D eigenvalue weighted by Gasteiger charge is -2.20. The Kier molecular flexibility index (Phi) is 6.91. The summed E-state index contributed by atoms with van der Waals surface area (Å²) in [6, 6.07) is 11.6. The number of carbonyl (C=O) groups is 2. The highest BCUT2D eigenvalue weighted by Crippen LogP contribution is 2.31. The lowest BCUT2D eigenvalue weighted by Crippen LogP contribution is -2.26. The third kappa shape index (κ3) is 4.97. The van der Waals surface area contributed by atoms with E-state index >= 15 is 0 Å². The summed E-state index contributed by atoms with van der Waals surface area (Å²) < 4.78 is 10.7. The van der Waals surface area contributed by atoms with Gasteiger partial charge >= 0.3 is 0 Å². The maximum absolute atomic E-state index is 12.6. The molecule has 0 aliphatic heterocycles. The molecule has 0 fully saturated rings. The molecule has 0 N–H and O–H groups in total. The van der Waals surface area contributed by atoms with Crippen LogP contribution >= 0.6 is 0 Å². The van der Waals surface area contributed by atoms with E-state index in [-0.39, 0.29) is 24.5 Å². The first kappa shape index (κ1) is 20.9. The summed E-state index contributed by atoms with van der Waals surface area (Å²) in [4.78, 5) is 26.8. The van der Waals surface area contributed by atoms with E-state index in [4.69, 9.17) is 9.47 Å². The highest BCUT2D eigenvalue weighted by Gasteiger charge is 2.17. The zero-order chi connectivity index (χ0) is 20.8. The molecule has 1 aliphatic rings. The number of rotatable bonds is 8. The third-order valence-electron chi connectivity index (χ3n) is 5.55. The van der Waals surface area contributed by atoms with Crippen LogP contribution in [0.4, 0.5) is 0 Å². The van der Waals surface area contributed by atoms with Gasteiger partial charge in [-0.25, -0.2) is 0 Å². The predicted molar refractivity (Wildman–Crippen MR) is 113 cm³/mol. The van der Waals surface area contributed by atoms with Crippen LogP contribution < -0.4 is 9.47 Å². The highest BCUT2D eigenvalue weighted by molar-refractivity contribution is 5.98. The molecule has 0 atom stereocenters. The van der Waals surface area contributed by atoms with Crippen molar-refractivity contribution in [2.45, 2.75) is 45.1 Å². The second kappa shape index (κ2) is 9.59. The second-order valence-electron chi connectivity index (χ2n) is 7.52. The molecule has 0 aromatic heterocycles. The number of Topliss-reactive ketones (excluding diaryl/α,β-unsaturated/α-hetero) is 1. The second-order valence-corrected chi connectivity index (χ2v) is 7.52. The molecule has 0 bridgehead atoms. The van der Waals surface area contributed by atoms with Crippen LogP contribution in [-0.2, 0) is 24.2 Å². The van der Waals surface area contributed by atoms with E-state index in [1.54, 1.807) is 26.2 Å². The fraction of sp³-hybridized carbons (Fsp3) is 0.417. The summed E-state index contributed by atoms with van der Waals surface area (Å²) in [6.45, 7) is 0.395. The van der Waals surface area contributed by atoms with Crippen molar-refractivity contribution < 1.29 is 19.1 Å². The van der Waals surface area contributed by atoms with Gasteiger partial charge in [0, 0.05) is 37.6 Å². The molecule has 1 amide bonds. The minimum absolute atomic E-state index is 0.0269. The quantitative estimate of drug-likeness (QED) is 0.629. The number of methoxy groups -OCH3 is 2. The summed E-state index contributed by atoms with van der Waals surface area (Å²) in [5.41, 5.74) is 4.23. The van der Waals surface area contributed by atoms with Gasteiger partial charge in [0.2, 0.25) is 5.91 Å². The van der Waals surface area contributed by atoms with E-state index in [0.29, 0.717) is 18.0 Å². The first-order valence-corrected chi connectivity index (χ1v) is 10.1. The fourth-order valence-corrected chi connectivity index (χ4v) is 3.88. The Morgan fingerprint density at radius 2 is 1.72 bits per heavy atom. The van der Waals surface area contributed by atoms with E-state index in [0.717, 1.165) is 24.0 Å². The van der Waals surface area contributed by atoms with E-state index in [1.165, 1.54) is 24.0 Å². The van der Waals surface area contributed by atoms with Gasteiger partial charge in [0.25, 0.3) is 0 Å². The summed E-state index contributed by atoms with van der Waals surface area (Å²) in [7, 11) is 4.91. The van der Waals surface area contributed by atoms with Gasteiger partial charge in [0.1, 0.15) is 0 Å². The first-order valence-electron chi connectivity index (χ1n) is 10.1. The average molecular weight is 395 g/mol. The minimum Gasteiger partial charge on any atom is -0.493 e. The molecule has 29 heavy (non-hydrogen) atoms. The number of nitrogens with zero attached hydrogens (tertiary/aromatic N) is 1. The molecule has 0 spiro atoms. The van der Waals surface area contributed by atoms with Crippen LogP contribution in [0.15, 0.2) is 36.4 Å². The molecule has 3 rings (SSSR count). The van der Waals surface area contributed by atoms with Crippen molar-refractivity contribution >= 4 is 11.7 Å². The van der Waals surface area contributed by atoms with Crippen molar-refractivity contribution in [1.82, 2.24) is 4.90 Å². The van der Waals surface area contributed by atoms with Crippen LogP contribution in [0, 0.1) is 0 Å². The number of hydrogen-bond acceptors (Lipinski definition) is 4. The summed E-state index contributed by atoms with van der Waals surface area (Å²) in [5.74, 6) is 1.22. The van der Waals surface area contributed by atoms with Crippen LogP contribution in [0.1, 0.15) is 52.7 Å². The fourth-order valence-electron chi connectivity index (χ4n) is 3.88. The standard InChI is InChI=1S/C24H29NO4/c1-25(16-20-9-6-10-22(28-2)24(20)29-3)23(27)14-13-21(26)19-12-11-17-7-4-5-8-18(17)15-19/h6,9-12,15H,4-5,7-8,13-14,16H2,1-3H3. The molecule has 0 heterocycles. The number of para-hydroxylation sites is 1. The number of carbonyl (C=O) groups excluding carboxylic acids is 2. The van der Waals surface area contributed by atoms with Crippen molar-refractivity contribution in [3.05, 3.63) is 58.7 Å². The lowest BCUT2D eigenvalue weighted by molar-refractivity contribution is -0.130. The average Bonchev–Trinajstić information content (AvgIpc) is 2.76. The monoisotopic (exact) mass is 395 g/mol. The lowest BCUT2D eigenvalue weighted by atomic mass is 9.89. The number of hydrogen-bond donors (Lipinski definition) is 0. The normalized spacial score (nSPS) is 12.8. The number of ether oxygens (including phenoxy) is 2. The van der Waals surface area contributed by atoms with E-state index in [1.807, 2.05) is 30.3 Å². The smallest absolute Gasteiger partial charge is 0.223 e. The Morgan fingerprint density at radius 1 is 0.966 bits per heavy atom. The Hall–Kier alpha value is -2.82. The maximum atomic E-state index is 12.6. The number of benzene rings is 2. The zero-order valence-corrected chi connectivity index (χ0v) is 17.5. The molecule has 0 unspecified atom stereocenters. The van der Waals surface area contributed by atoms with E-state index in [2.05, 4.69) is 6.07 Å². The van der Waals surface area contributed by atoms with Gasteiger partial charge in [0.05, 0.1) is 14.2 Å². The molecule has 0 saturated carbocycles. The number of amides is 1. The molecule has 154 valence electrons. The van der Waals surface area contributed by atoms with E-state index in [9.17, 15) is 9.59 Å². The molecule has 2 aromatic rings. The molecule has 2 aromatic carbocycles. The molecular weight excluding hydrogens is 366 g/mol. The van der Waals surface area contributed by atoms with Crippen LogP contribution in [0.2, 0.25) is 0 Å². The SMILES string of the molecule is COc1cccc(CN(C)C(=O)CCC(=O)c2ccc3c(c2)CCCC3)c1OC. The summed E-state index contributed by atoms with van der Waals surface area (Å²) in [5, 5.41) is 0. The van der Waals surface area contributed by atoms with Gasteiger partial charge in [-0.15, -0.1) is 0 Å². The van der Waals surface area contributed by atoms with Crippen molar-refractivity contribution in [2.75, 3.05) is 21.3 Å². The van der Waals surface area contributed by atoms with Crippen LogP contribution in [0.25, 0.3) is 0 Å². The Bertz CT molecular complexity index is 890. The molecule has 0 radical (unpaired) electrons. The maximum Gasteiger partial charge on any atom is 0.223 e. The van der Waals surface area contributed by atoms with Crippen molar-refractivity contribution in [3.8, 4) is 11.5 Å². The number of aryl methyl sites for hydroxylation is 2. The van der Waals surface area contributed by atoms with Gasteiger partial charge in [-0.05, 0) is 48.9 Å². The Balaban J connectivity index is 1.58. The minimum atomic E-state index is -0.0683. The van der Waals surface area contributed by atoms with Crippen LogP contribution in [-0.4, -0.2) is 37.9 Å². The van der Waals surface area contributed by atoms with Gasteiger partial charge < -0.3 is 14.4 Å². The number of fused-ring (bicyclic) bond motifs is 1. The van der Waals surface area contributed by atoms with Crippen molar-refractivity contribution in [3.63, 3.8) is 0 Å². The van der Waals surface area contributed by atoms with Crippen molar-refractivity contribution in [2.24, 2.45) is 0 Å². The molecule has 1 aliphatic carbocycles. The van der Waals surface area contributed by atoms with Gasteiger partial charge in [-0.3, -0.25) is 9.59 Å². The Morgan fingerprint density at radius 3 is 2.45 bits per heavy atom. The molecule has 5 heteroatoms. The third-order valence-corrected chi connectivity index (χ3v) is 5.55. The molecule has 5 nitrogen and oxygen atoms in total. The Labute approximate surface area is 172 Å². The predicted octanol–water partition coefficient (Wildman–Crippen LogP) is 4.20. The van der Waals surface area contributed by atoms with E-state index < -0.39 is 0 Å². The highest BCUT2D eigenvalue weighted by atomic mass is 16.5. The van der Waals surface area contributed by atoms with Crippen LogP contribution in [0.5, 0.6) is 11.5 Å². The van der Waals surface area contributed by atoms with Gasteiger partial charge in [0.15, 0.2) is 17.3 Å². The number of ketones is 1. The molecular formula is C24H29NO4. The van der Waals surface area contributed by atoms with Crippen LogP contribution in [0.3, 0.4) is 0 Å². The van der Waals surface area contributed by atoms with Gasteiger partial charge in [-0.1, -0.05) is 24.3 Å².